The van der Waals surface area contributed by atoms with Crippen molar-refractivity contribution in [2.45, 2.75) is 18.9 Å². The molecule has 1 saturated carbocycles. The van der Waals surface area contributed by atoms with Gasteiger partial charge in [0, 0.05) is 56.2 Å². The van der Waals surface area contributed by atoms with Gasteiger partial charge in [-0.05, 0) is 30.9 Å². The summed E-state index contributed by atoms with van der Waals surface area (Å²) < 4.78 is 0. The number of aromatic nitrogens is 1. The Labute approximate surface area is 119 Å². The van der Waals surface area contributed by atoms with Gasteiger partial charge >= 0.3 is 0 Å². The summed E-state index contributed by atoms with van der Waals surface area (Å²) >= 11 is 0. The minimum absolute atomic E-state index is 0.0411. The van der Waals surface area contributed by atoms with Crippen molar-refractivity contribution in [2.24, 2.45) is 11.8 Å². The highest BCUT2D eigenvalue weighted by Gasteiger charge is 2.36. The number of carbonyl (C=O) groups excluding carboxylic acids is 1. The first-order valence-electron chi connectivity index (χ1n) is 7.30. The van der Waals surface area contributed by atoms with Crippen LogP contribution in [0.2, 0.25) is 0 Å². The Hall–Kier alpha value is -1.46. The van der Waals surface area contributed by atoms with Gasteiger partial charge in [-0.15, -0.1) is 0 Å². The normalized spacial score (nSPS) is 26.6. The number of nitrogens with zero attached hydrogens (tertiary/aromatic N) is 2. The SMILES string of the molecule is O=C(N[C@@H]1CN(CC2CC2)C[C@H]1CO)c1ccncc1. The molecule has 0 aromatic carbocycles. The van der Waals surface area contributed by atoms with E-state index >= 15 is 0 Å². The quantitative estimate of drug-likeness (QED) is 0.822. The molecule has 2 atom stereocenters. The molecule has 2 heterocycles. The van der Waals surface area contributed by atoms with E-state index in [0.717, 1.165) is 25.6 Å². The Kier molecular flexibility index (Phi) is 3.98. The minimum Gasteiger partial charge on any atom is -0.396 e. The lowest BCUT2D eigenvalue weighted by molar-refractivity contribution is 0.0921. The van der Waals surface area contributed by atoms with Crippen LogP contribution < -0.4 is 5.32 Å². The van der Waals surface area contributed by atoms with Crippen molar-refractivity contribution in [2.75, 3.05) is 26.2 Å². The first-order chi connectivity index (χ1) is 9.76. The van der Waals surface area contributed by atoms with E-state index in [-0.39, 0.29) is 24.5 Å². The summed E-state index contributed by atoms with van der Waals surface area (Å²) in [6.45, 7) is 2.97. The number of aliphatic hydroxyl groups excluding tert-OH is 1. The van der Waals surface area contributed by atoms with Crippen LogP contribution in [0.25, 0.3) is 0 Å². The number of carbonyl (C=O) groups is 1. The molecular formula is C15H21N3O2. The van der Waals surface area contributed by atoms with Crippen molar-refractivity contribution >= 4 is 5.91 Å². The van der Waals surface area contributed by atoms with E-state index in [1.54, 1.807) is 24.5 Å². The number of rotatable bonds is 5. The summed E-state index contributed by atoms with van der Waals surface area (Å²) in [5.74, 6) is 0.896. The topological polar surface area (TPSA) is 65.5 Å². The average Bonchev–Trinajstić information content (AvgIpc) is 3.20. The van der Waals surface area contributed by atoms with Crippen molar-refractivity contribution < 1.29 is 9.90 Å². The smallest absolute Gasteiger partial charge is 0.251 e. The summed E-state index contributed by atoms with van der Waals surface area (Å²) in [4.78, 5) is 18.4. The second kappa shape index (κ2) is 5.89. The van der Waals surface area contributed by atoms with Crippen LogP contribution in [0.5, 0.6) is 0 Å². The fraction of sp³-hybridized carbons (Fsp3) is 0.600. The summed E-state index contributed by atoms with van der Waals surface area (Å²) in [5.41, 5.74) is 0.623. The summed E-state index contributed by atoms with van der Waals surface area (Å²) in [7, 11) is 0. The maximum atomic E-state index is 12.2. The second-order valence-corrected chi connectivity index (χ2v) is 5.92. The molecule has 108 valence electrons. The van der Waals surface area contributed by atoms with Crippen molar-refractivity contribution in [3.63, 3.8) is 0 Å². The largest absolute Gasteiger partial charge is 0.396 e. The molecular weight excluding hydrogens is 254 g/mol. The van der Waals surface area contributed by atoms with E-state index in [4.69, 9.17) is 0 Å². The van der Waals surface area contributed by atoms with E-state index < -0.39 is 0 Å². The van der Waals surface area contributed by atoms with Crippen LogP contribution in [0.3, 0.4) is 0 Å². The Balaban J connectivity index is 1.59. The van der Waals surface area contributed by atoms with Gasteiger partial charge in [-0.2, -0.15) is 0 Å². The molecule has 1 saturated heterocycles. The molecule has 0 radical (unpaired) electrons. The van der Waals surface area contributed by atoms with Gasteiger partial charge < -0.3 is 15.3 Å². The Bertz CT molecular complexity index is 461. The molecule has 1 aromatic rings. The average molecular weight is 275 g/mol. The third-order valence-corrected chi connectivity index (χ3v) is 4.22. The van der Waals surface area contributed by atoms with Crippen molar-refractivity contribution in [1.29, 1.82) is 0 Å². The monoisotopic (exact) mass is 275 g/mol. The summed E-state index contributed by atoms with van der Waals surface area (Å²) in [6, 6.07) is 3.46. The van der Waals surface area contributed by atoms with Gasteiger partial charge in [-0.1, -0.05) is 0 Å². The van der Waals surface area contributed by atoms with Crippen LogP contribution in [-0.4, -0.2) is 53.2 Å². The van der Waals surface area contributed by atoms with Gasteiger partial charge in [0.15, 0.2) is 0 Å². The number of amides is 1. The van der Waals surface area contributed by atoms with E-state index in [1.807, 2.05) is 0 Å². The molecule has 5 heteroatoms. The van der Waals surface area contributed by atoms with Crippen molar-refractivity contribution in [3.05, 3.63) is 30.1 Å². The summed E-state index contributed by atoms with van der Waals surface area (Å²) in [6.07, 6.45) is 5.89. The van der Waals surface area contributed by atoms with Gasteiger partial charge in [-0.3, -0.25) is 9.78 Å². The van der Waals surface area contributed by atoms with Crippen LogP contribution in [0, 0.1) is 11.8 Å². The number of likely N-dealkylation sites (tertiary alicyclic amines) is 1. The zero-order valence-electron chi connectivity index (χ0n) is 11.5. The number of hydrogen-bond donors (Lipinski definition) is 2. The molecule has 2 aliphatic rings. The van der Waals surface area contributed by atoms with Crippen LogP contribution in [0.4, 0.5) is 0 Å². The first-order valence-corrected chi connectivity index (χ1v) is 7.30. The Morgan fingerprint density at radius 2 is 2.10 bits per heavy atom. The fourth-order valence-corrected chi connectivity index (χ4v) is 2.88. The summed E-state index contributed by atoms with van der Waals surface area (Å²) in [5, 5.41) is 12.6. The molecule has 1 aliphatic heterocycles. The lowest BCUT2D eigenvalue weighted by atomic mass is 10.0. The highest BCUT2D eigenvalue weighted by atomic mass is 16.3. The maximum Gasteiger partial charge on any atom is 0.251 e. The molecule has 1 amide bonds. The fourth-order valence-electron chi connectivity index (χ4n) is 2.88. The van der Waals surface area contributed by atoms with Gasteiger partial charge in [0.25, 0.3) is 5.91 Å². The lowest BCUT2D eigenvalue weighted by Gasteiger charge is -2.18. The van der Waals surface area contributed by atoms with E-state index in [2.05, 4.69) is 15.2 Å². The number of hydrogen-bond acceptors (Lipinski definition) is 4. The van der Waals surface area contributed by atoms with Crippen LogP contribution in [0.15, 0.2) is 24.5 Å². The van der Waals surface area contributed by atoms with Crippen LogP contribution in [0.1, 0.15) is 23.2 Å². The molecule has 2 fully saturated rings. The predicted molar refractivity (Wildman–Crippen MR) is 75.2 cm³/mol. The molecule has 2 N–H and O–H groups in total. The molecule has 20 heavy (non-hydrogen) atoms. The van der Waals surface area contributed by atoms with Crippen molar-refractivity contribution in [3.8, 4) is 0 Å². The Morgan fingerprint density at radius 1 is 1.35 bits per heavy atom. The van der Waals surface area contributed by atoms with Crippen LogP contribution in [-0.2, 0) is 0 Å². The standard InChI is InChI=1S/C15H21N3O2/c19-10-13-8-18(7-11-1-2-11)9-14(13)17-15(20)12-3-5-16-6-4-12/h3-6,11,13-14,19H,1-2,7-10H2,(H,17,20)/t13-,14+/m0/s1. The zero-order chi connectivity index (χ0) is 13.9. The number of nitrogens with one attached hydrogen (secondary N) is 1. The van der Waals surface area contributed by atoms with Gasteiger partial charge in [0.2, 0.25) is 0 Å². The van der Waals surface area contributed by atoms with Crippen molar-refractivity contribution in [1.82, 2.24) is 15.2 Å². The molecule has 0 bridgehead atoms. The minimum atomic E-state index is -0.0795. The molecule has 0 spiro atoms. The third-order valence-electron chi connectivity index (χ3n) is 4.22. The van der Waals surface area contributed by atoms with Crippen LogP contribution >= 0.6 is 0 Å². The zero-order valence-corrected chi connectivity index (χ0v) is 11.5. The molecule has 0 unspecified atom stereocenters. The molecule has 3 rings (SSSR count). The lowest BCUT2D eigenvalue weighted by Crippen LogP contribution is -2.41. The van der Waals surface area contributed by atoms with E-state index in [1.165, 1.54) is 12.8 Å². The molecule has 1 aromatic heterocycles. The first kappa shape index (κ1) is 13.5. The van der Waals surface area contributed by atoms with Gasteiger partial charge in [0.1, 0.15) is 0 Å². The highest BCUT2D eigenvalue weighted by molar-refractivity contribution is 5.94. The Morgan fingerprint density at radius 3 is 2.75 bits per heavy atom. The second-order valence-electron chi connectivity index (χ2n) is 5.92. The molecule has 1 aliphatic carbocycles. The number of pyridine rings is 1. The predicted octanol–water partition coefficient (Wildman–Crippen LogP) is 0.514. The molecule has 5 nitrogen and oxygen atoms in total. The highest BCUT2D eigenvalue weighted by Crippen LogP contribution is 2.31. The number of aliphatic hydroxyl groups is 1. The third kappa shape index (κ3) is 3.16. The van der Waals surface area contributed by atoms with Gasteiger partial charge in [-0.25, -0.2) is 0 Å². The maximum absolute atomic E-state index is 12.2. The van der Waals surface area contributed by atoms with E-state index in [9.17, 15) is 9.90 Å². The van der Waals surface area contributed by atoms with Gasteiger partial charge in [0.05, 0.1) is 0 Å². The van der Waals surface area contributed by atoms with E-state index in [0.29, 0.717) is 5.56 Å².